The maximum atomic E-state index is 5.35. The van der Waals surface area contributed by atoms with Gasteiger partial charge in [0.05, 0.1) is 0 Å². The summed E-state index contributed by atoms with van der Waals surface area (Å²) in [5, 5.41) is 3.16. The molecule has 52 valence electrons. The third-order valence-electron chi connectivity index (χ3n) is 1.25. The summed E-state index contributed by atoms with van der Waals surface area (Å²) in [5.41, 5.74) is 0. The molecular weight excluding hydrogens is 114 g/mol. The lowest BCUT2D eigenvalue weighted by molar-refractivity contribution is 0.0709. The van der Waals surface area contributed by atoms with E-state index in [9.17, 15) is 0 Å². The molecular formula is C7H13NO. The van der Waals surface area contributed by atoms with E-state index in [0.29, 0.717) is 0 Å². The first-order valence-corrected chi connectivity index (χ1v) is 3.45. The first-order chi connectivity index (χ1) is 4.43. The molecule has 0 amide bonds. The number of rotatable bonds is 3. The second kappa shape index (κ2) is 3.64. The molecule has 9 heavy (non-hydrogen) atoms. The molecule has 1 aliphatic heterocycles. The lowest BCUT2D eigenvalue weighted by Crippen LogP contribution is -2.25. The second-order valence-corrected chi connectivity index (χ2v) is 2.13. The highest BCUT2D eigenvalue weighted by atomic mass is 16.5. The van der Waals surface area contributed by atoms with Crippen molar-refractivity contribution in [2.24, 2.45) is 0 Å². The van der Waals surface area contributed by atoms with Crippen molar-refractivity contribution in [3.8, 4) is 0 Å². The van der Waals surface area contributed by atoms with Crippen LogP contribution in [0.4, 0.5) is 0 Å². The molecule has 0 saturated heterocycles. The van der Waals surface area contributed by atoms with Crippen LogP contribution in [0.3, 0.4) is 0 Å². The van der Waals surface area contributed by atoms with E-state index in [4.69, 9.17) is 4.74 Å². The summed E-state index contributed by atoms with van der Waals surface area (Å²) in [4.78, 5) is 0. The van der Waals surface area contributed by atoms with Crippen molar-refractivity contribution in [1.29, 1.82) is 0 Å². The van der Waals surface area contributed by atoms with E-state index in [1.807, 2.05) is 0 Å². The van der Waals surface area contributed by atoms with E-state index < -0.39 is 0 Å². The van der Waals surface area contributed by atoms with Crippen LogP contribution in [0.1, 0.15) is 13.3 Å². The van der Waals surface area contributed by atoms with Crippen molar-refractivity contribution in [3.05, 3.63) is 12.2 Å². The van der Waals surface area contributed by atoms with Crippen molar-refractivity contribution in [3.63, 3.8) is 0 Å². The molecule has 1 aliphatic rings. The summed E-state index contributed by atoms with van der Waals surface area (Å²) < 4.78 is 5.35. The van der Waals surface area contributed by atoms with Crippen LogP contribution in [0.15, 0.2) is 12.2 Å². The van der Waals surface area contributed by atoms with Gasteiger partial charge >= 0.3 is 0 Å². The predicted octanol–water partition coefficient (Wildman–Crippen LogP) is 0.899. The molecule has 0 fully saturated rings. The van der Waals surface area contributed by atoms with Gasteiger partial charge in [-0.25, -0.2) is 0 Å². The van der Waals surface area contributed by atoms with Gasteiger partial charge in [0.15, 0.2) is 0 Å². The maximum absolute atomic E-state index is 5.35. The number of ether oxygens (including phenoxy) is 1. The Hall–Kier alpha value is -0.340. The fraction of sp³-hybridized carbons (Fsp3) is 0.714. The Balaban J connectivity index is 2.05. The lowest BCUT2D eigenvalue weighted by atomic mass is 10.5. The van der Waals surface area contributed by atoms with E-state index in [2.05, 4.69) is 24.4 Å². The van der Waals surface area contributed by atoms with Gasteiger partial charge in [-0.05, 0) is 12.5 Å². The van der Waals surface area contributed by atoms with Gasteiger partial charge in [0, 0.05) is 13.2 Å². The quantitative estimate of drug-likeness (QED) is 0.569. The van der Waals surface area contributed by atoms with Crippen LogP contribution in [-0.2, 0) is 4.74 Å². The Morgan fingerprint density at radius 3 is 3.22 bits per heavy atom. The van der Waals surface area contributed by atoms with Crippen molar-refractivity contribution in [1.82, 2.24) is 5.32 Å². The first kappa shape index (κ1) is 6.78. The zero-order valence-corrected chi connectivity index (χ0v) is 5.76. The third kappa shape index (κ3) is 2.16. The van der Waals surface area contributed by atoms with Gasteiger partial charge in [0.2, 0.25) is 0 Å². The summed E-state index contributed by atoms with van der Waals surface area (Å²) in [7, 11) is 0. The molecule has 0 aromatic carbocycles. The van der Waals surface area contributed by atoms with Gasteiger partial charge in [-0.15, -0.1) is 0 Å². The number of hydrogen-bond donors (Lipinski definition) is 1. The predicted molar refractivity (Wildman–Crippen MR) is 37.2 cm³/mol. The highest BCUT2D eigenvalue weighted by Gasteiger charge is 2.05. The van der Waals surface area contributed by atoms with Crippen LogP contribution in [0.5, 0.6) is 0 Å². The average Bonchev–Trinajstić information content (AvgIpc) is 2.34. The minimum absolute atomic E-state index is 0.185. The summed E-state index contributed by atoms with van der Waals surface area (Å²) in [6.45, 7) is 3.91. The zero-order chi connectivity index (χ0) is 6.53. The summed E-state index contributed by atoms with van der Waals surface area (Å²) in [6.07, 6.45) is 5.41. The van der Waals surface area contributed by atoms with Gasteiger partial charge < -0.3 is 4.74 Å². The number of nitrogens with one attached hydrogen (secondary N) is 1. The van der Waals surface area contributed by atoms with E-state index >= 15 is 0 Å². The molecule has 0 spiro atoms. The topological polar surface area (TPSA) is 21.3 Å². The Kier molecular flexibility index (Phi) is 2.74. The molecule has 1 heterocycles. The Labute approximate surface area is 55.9 Å². The fourth-order valence-electron chi connectivity index (χ4n) is 0.803. The Morgan fingerprint density at radius 1 is 1.78 bits per heavy atom. The van der Waals surface area contributed by atoms with Gasteiger partial charge in [-0.2, -0.15) is 0 Å². The van der Waals surface area contributed by atoms with Gasteiger partial charge in [0.1, 0.15) is 6.23 Å². The fourth-order valence-corrected chi connectivity index (χ4v) is 0.803. The minimum Gasteiger partial charge on any atom is -0.360 e. The molecule has 0 aromatic heterocycles. The zero-order valence-electron chi connectivity index (χ0n) is 5.76. The molecule has 0 bridgehead atoms. The van der Waals surface area contributed by atoms with Gasteiger partial charge in [0.25, 0.3) is 0 Å². The molecule has 1 unspecified atom stereocenters. The maximum Gasteiger partial charge on any atom is 0.127 e. The second-order valence-electron chi connectivity index (χ2n) is 2.13. The molecule has 2 heteroatoms. The van der Waals surface area contributed by atoms with Crippen LogP contribution in [-0.4, -0.2) is 19.4 Å². The van der Waals surface area contributed by atoms with Crippen molar-refractivity contribution in [2.75, 3.05) is 13.2 Å². The number of hydrogen-bond acceptors (Lipinski definition) is 2. The molecule has 0 aliphatic carbocycles. The van der Waals surface area contributed by atoms with Crippen LogP contribution >= 0.6 is 0 Å². The Morgan fingerprint density at radius 2 is 2.67 bits per heavy atom. The minimum atomic E-state index is 0.185. The van der Waals surface area contributed by atoms with E-state index in [-0.39, 0.29) is 6.23 Å². The Bertz CT molecular complexity index is 101. The van der Waals surface area contributed by atoms with Crippen molar-refractivity contribution in [2.45, 2.75) is 19.6 Å². The SMILES string of the molecule is CCCOC1C=CCN1. The molecule has 0 saturated carbocycles. The molecule has 1 rings (SSSR count). The first-order valence-electron chi connectivity index (χ1n) is 3.45. The molecule has 1 atom stereocenters. The van der Waals surface area contributed by atoms with Crippen LogP contribution in [0, 0.1) is 0 Å². The highest BCUT2D eigenvalue weighted by molar-refractivity contribution is 4.97. The summed E-state index contributed by atoms with van der Waals surface area (Å²) in [6, 6.07) is 0. The average molecular weight is 127 g/mol. The standard InChI is InChI=1S/C7H13NO/c1-2-6-9-7-4-3-5-8-7/h3-4,7-8H,2,5-6H2,1H3. The smallest absolute Gasteiger partial charge is 0.127 e. The van der Waals surface area contributed by atoms with Crippen molar-refractivity contribution < 1.29 is 4.74 Å². The van der Waals surface area contributed by atoms with E-state index in [0.717, 1.165) is 19.6 Å². The van der Waals surface area contributed by atoms with E-state index in [1.165, 1.54) is 0 Å². The van der Waals surface area contributed by atoms with Crippen LogP contribution in [0.25, 0.3) is 0 Å². The molecule has 0 radical (unpaired) electrons. The summed E-state index contributed by atoms with van der Waals surface area (Å²) >= 11 is 0. The normalized spacial score (nSPS) is 25.2. The molecule has 0 aromatic rings. The van der Waals surface area contributed by atoms with Gasteiger partial charge in [-0.3, -0.25) is 5.32 Å². The van der Waals surface area contributed by atoms with Crippen LogP contribution < -0.4 is 5.32 Å². The third-order valence-corrected chi connectivity index (χ3v) is 1.25. The monoisotopic (exact) mass is 127 g/mol. The van der Waals surface area contributed by atoms with Crippen LogP contribution in [0.2, 0.25) is 0 Å². The van der Waals surface area contributed by atoms with Gasteiger partial charge in [-0.1, -0.05) is 13.0 Å². The lowest BCUT2D eigenvalue weighted by Gasteiger charge is -2.08. The molecule has 1 N–H and O–H groups in total. The highest BCUT2D eigenvalue weighted by Crippen LogP contribution is 1.96. The summed E-state index contributed by atoms with van der Waals surface area (Å²) in [5.74, 6) is 0. The molecule has 2 nitrogen and oxygen atoms in total. The van der Waals surface area contributed by atoms with Crippen molar-refractivity contribution >= 4 is 0 Å². The largest absolute Gasteiger partial charge is 0.360 e. The van der Waals surface area contributed by atoms with E-state index in [1.54, 1.807) is 0 Å².